The maximum atomic E-state index is 12.5. The number of ether oxygens (including phenoxy) is 1. The number of alkyl halides is 1. The van der Waals surface area contributed by atoms with Gasteiger partial charge in [0, 0.05) is 0 Å². The second kappa shape index (κ2) is 3.75. The van der Waals surface area contributed by atoms with Crippen molar-refractivity contribution in [3.63, 3.8) is 0 Å². The van der Waals surface area contributed by atoms with Crippen LogP contribution in [0.1, 0.15) is 0 Å². The lowest BCUT2D eigenvalue weighted by Crippen LogP contribution is -2.03. The third-order valence-corrected chi connectivity index (χ3v) is 0.897. The molecule has 0 bridgehead atoms. The molecule has 0 fully saturated rings. The average molecular weight is 161 g/mol. The van der Waals surface area contributed by atoms with Gasteiger partial charge in [-0.15, -0.1) is 5.10 Å². The molecule has 4 nitrogen and oxygen atoms in total. The second-order valence-electron chi connectivity index (χ2n) is 1.63. The standard InChI is InChI=1S/C5H5F2N3O/c6-1-2-11-4-3-8-10-9-5(4)7/h3H,1-2H2. The van der Waals surface area contributed by atoms with Crippen LogP contribution in [0.15, 0.2) is 6.20 Å². The van der Waals surface area contributed by atoms with Crippen LogP contribution < -0.4 is 4.74 Å². The zero-order valence-electron chi connectivity index (χ0n) is 5.50. The van der Waals surface area contributed by atoms with E-state index < -0.39 is 12.6 Å². The molecule has 60 valence electrons. The van der Waals surface area contributed by atoms with Crippen molar-refractivity contribution >= 4 is 0 Å². The van der Waals surface area contributed by atoms with Crippen molar-refractivity contribution in [1.82, 2.24) is 15.4 Å². The lowest BCUT2D eigenvalue weighted by atomic mass is 10.6. The van der Waals surface area contributed by atoms with E-state index in [0.717, 1.165) is 6.20 Å². The van der Waals surface area contributed by atoms with Crippen LogP contribution in [0.3, 0.4) is 0 Å². The summed E-state index contributed by atoms with van der Waals surface area (Å²) < 4.78 is 28.5. The summed E-state index contributed by atoms with van der Waals surface area (Å²) in [5.41, 5.74) is 0. The van der Waals surface area contributed by atoms with E-state index in [1.54, 1.807) is 0 Å². The Bertz CT molecular complexity index is 233. The molecule has 1 aromatic heterocycles. The predicted molar refractivity (Wildman–Crippen MR) is 31.3 cm³/mol. The van der Waals surface area contributed by atoms with Crippen molar-refractivity contribution in [3.8, 4) is 5.75 Å². The zero-order valence-corrected chi connectivity index (χ0v) is 5.50. The van der Waals surface area contributed by atoms with Crippen LogP contribution in [-0.2, 0) is 0 Å². The van der Waals surface area contributed by atoms with Crippen LogP contribution >= 0.6 is 0 Å². The van der Waals surface area contributed by atoms with Crippen LogP contribution in [0.5, 0.6) is 5.75 Å². The van der Waals surface area contributed by atoms with Gasteiger partial charge in [0.25, 0.3) is 5.95 Å². The Hall–Kier alpha value is -1.33. The summed E-state index contributed by atoms with van der Waals surface area (Å²) in [5, 5.41) is 9.21. The molecule has 0 aliphatic rings. The molecule has 0 N–H and O–H groups in total. The second-order valence-corrected chi connectivity index (χ2v) is 1.63. The minimum atomic E-state index is -0.881. The van der Waals surface area contributed by atoms with Gasteiger partial charge in [0.05, 0.1) is 6.20 Å². The first-order chi connectivity index (χ1) is 5.34. The highest BCUT2D eigenvalue weighted by molar-refractivity contribution is 5.11. The fourth-order valence-electron chi connectivity index (χ4n) is 0.491. The molecule has 0 amide bonds. The minimum absolute atomic E-state index is 0.183. The van der Waals surface area contributed by atoms with Crippen molar-refractivity contribution in [1.29, 1.82) is 0 Å². The van der Waals surface area contributed by atoms with E-state index in [0.29, 0.717) is 0 Å². The molecule has 0 saturated carbocycles. The molecule has 0 aromatic carbocycles. The monoisotopic (exact) mass is 161 g/mol. The molecule has 1 heterocycles. The van der Waals surface area contributed by atoms with E-state index in [2.05, 4.69) is 20.1 Å². The van der Waals surface area contributed by atoms with Gasteiger partial charge < -0.3 is 4.74 Å². The van der Waals surface area contributed by atoms with Crippen molar-refractivity contribution in [3.05, 3.63) is 12.1 Å². The third kappa shape index (κ3) is 2.06. The SMILES string of the molecule is FCCOc1cnnnc1F. The summed E-state index contributed by atoms with van der Waals surface area (Å²) in [5.74, 6) is -1.06. The van der Waals surface area contributed by atoms with E-state index in [4.69, 9.17) is 0 Å². The third-order valence-electron chi connectivity index (χ3n) is 0.897. The predicted octanol–water partition coefficient (Wildman–Crippen LogP) is 0.359. The first-order valence-electron chi connectivity index (χ1n) is 2.87. The van der Waals surface area contributed by atoms with E-state index in [1.165, 1.54) is 0 Å². The molecule has 1 aromatic rings. The Kier molecular flexibility index (Phi) is 2.65. The average Bonchev–Trinajstić information content (AvgIpc) is 2.03. The quantitative estimate of drug-likeness (QED) is 0.642. The first kappa shape index (κ1) is 7.77. The highest BCUT2D eigenvalue weighted by atomic mass is 19.1. The number of hydrogen-bond donors (Lipinski definition) is 0. The topological polar surface area (TPSA) is 47.9 Å². The molecule has 0 saturated heterocycles. The Morgan fingerprint density at radius 1 is 1.55 bits per heavy atom. The van der Waals surface area contributed by atoms with Crippen molar-refractivity contribution in [2.24, 2.45) is 0 Å². The Labute approximate surface area is 61.2 Å². The van der Waals surface area contributed by atoms with Crippen LogP contribution in [0, 0.1) is 5.95 Å². The highest BCUT2D eigenvalue weighted by Gasteiger charge is 2.03. The van der Waals surface area contributed by atoms with Gasteiger partial charge in [-0.25, -0.2) is 4.39 Å². The van der Waals surface area contributed by atoms with Gasteiger partial charge in [-0.1, -0.05) is 5.10 Å². The van der Waals surface area contributed by atoms with Crippen LogP contribution in [0.25, 0.3) is 0 Å². The summed E-state index contributed by atoms with van der Waals surface area (Å²) in [4.78, 5) is 0. The molecule has 1 rings (SSSR count). The van der Waals surface area contributed by atoms with Gasteiger partial charge in [0.1, 0.15) is 13.3 Å². The summed E-state index contributed by atoms with van der Waals surface area (Å²) in [7, 11) is 0. The lowest BCUT2D eigenvalue weighted by molar-refractivity contribution is 0.256. The summed E-state index contributed by atoms with van der Waals surface area (Å²) in [6.07, 6.45) is 1.04. The number of aromatic nitrogens is 3. The summed E-state index contributed by atoms with van der Waals surface area (Å²) in [6.45, 7) is -0.883. The molecule has 6 heteroatoms. The van der Waals surface area contributed by atoms with E-state index in [9.17, 15) is 8.78 Å². The van der Waals surface area contributed by atoms with E-state index in [-0.39, 0.29) is 12.4 Å². The highest BCUT2D eigenvalue weighted by Crippen LogP contribution is 2.09. The fraction of sp³-hybridized carbons (Fsp3) is 0.400. The first-order valence-corrected chi connectivity index (χ1v) is 2.87. The van der Waals surface area contributed by atoms with Crippen molar-refractivity contribution < 1.29 is 13.5 Å². The number of halogens is 2. The van der Waals surface area contributed by atoms with Crippen molar-refractivity contribution in [2.45, 2.75) is 0 Å². The van der Waals surface area contributed by atoms with E-state index in [1.807, 2.05) is 0 Å². The fourth-order valence-corrected chi connectivity index (χ4v) is 0.491. The molecular formula is C5H5F2N3O. The normalized spacial score (nSPS) is 9.64. The summed E-state index contributed by atoms with van der Waals surface area (Å²) in [6, 6.07) is 0. The minimum Gasteiger partial charge on any atom is -0.485 e. The lowest BCUT2D eigenvalue weighted by Gasteiger charge is -2.00. The smallest absolute Gasteiger partial charge is 0.278 e. The Balaban J connectivity index is 2.62. The Morgan fingerprint density at radius 2 is 2.36 bits per heavy atom. The number of nitrogens with zero attached hydrogens (tertiary/aromatic N) is 3. The van der Waals surface area contributed by atoms with Crippen LogP contribution in [0.2, 0.25) is 0 Å². The van der Waals surface area contributed by atoms with Crippen LogP contribution in [-0.4, -0.2) is 28.7 Å². The van der Waals surface area contributed by atoms with Gasteiger partial charge in [0.15, 0.2) is 5.75 Å². The van der Waals surface area contributed by atoms with Gasteiger partial charge in [-0.3, -0.25) is 0 Å². The van der Waals surface area contributed by atoms with Gasteiger partial charge >= 0.3 is 0 Å². The number of hydrogen-bond acceptors (Lipinski definition) is 4. The molecule has 0 aliphatic carbocycles. The zero-order chi connectivity index (χ0) is 8.10. The Morgan fingerprint density at radius 3 is 3.00 bits per heavy atom. The molecule has 0 unspecified atom stereocenters. The largest absolute Gasteiger partial charge is 0.485 e. The van der Waals surface area contributed by atoms with E-state index >= 15 is 0 Å². The molecule has 0 aliphatic heterocycles. The molecule has 0 atom stereocenters. The maximum absolute atomic E-state index is 12.5. The van der Waals surface area contributed by atoms with Gasteiger partial charge in [0.2, 0.25) is 0 Å². The molecule has 0 spiro atoms. The maximum Gasteiger partial charge on any atom is 0.278 e. The molecule has 0 radical (unpaired) electrons. The number of rotatable bonds is 3. The van der Waals surface area contributed by atoms with Crippen molar-refractivity contribution in [2.75, 3.05) is 13.3 Å². The summed E-state index contributed by atoms with van der Waals surface area (Å²) >= 11 is 0. The van der Waals surface area contributed by atoms with Gasteiger partial charge in [-0.2, -0.15) is 4.39 Å². The molecule has 11 heavy (non-hydrogen) atoms. The molecular weight excluding hydrogens is 156 g/mol. The van der Waals surface area contributed by atoms with Gasteiger partial charge in [-0.05, 0) is 5.21 Å². The van der Waals surface area contributed by atoms with Crippen LogP contribution in [0.4, 0.5) is 8.78 Å².